The molecule has 5 nitrogen and oxygen atoms in total. The van der Waals surface area contributed by atoms with Gasteiger partial charge in [0.05, 0.1) is 0 Å². The Balaban J connectivity index is 1.83. The van der Waals surface area contributed by atoms with E-state index in [1.807, 2.05) is 6.92 Å². The van der Waals surface area contributed by atoms with Crippen LogP contribution < -0.4 is 5.32 Å². The highest BCUT2D eigenvalue weighted by atomic mass is 35.5. The third-order valence-electron chi connectivity index (χ3n) is 4.43. The first-order valence-electron chi connectivity index (χ1n) is 7.26. The summed E-state index contributed by atoms with van der Waals surface area (Å²) in [6.45, 7) is 5.27. The average molecular weight is 294 g/mol. The number of hydrogen-bond donors (Lipinski definition) is 1. The predicted octanol–water partition coefficient (Wildman–Crippen LogP) is 3.32. The first-order chi connectivity index (χ1) is 9.66. The Hall–Kier alpha value is -1.36. The van der Waals surface area contributed by atoms with Gasteiger partial charge in [-0.25, -0.2) is 0 Å². The number of hydrogen-bond acceptors (Lipinski definition) is 4. The van der Waals surface area contributed by atoms with Crippen molar-refractivity contribution < 1.29 is 0 Å². The molecule has 2 aromatic rings. The fourth-order valence-corrected chi connectivity index (χ4v) is 3.19. The van der Waals surface area contributed by atoms with Gasteiger partial charge in [-0.05, 0) is 25.2 Å². The lowest BCUT2D eigenvalue weighted by atomic mass is 9.80. The van der Waals surface area contributed by atoms with Crippen molar-refractivity contribution in [2.45, 2.75) is 39.5 Å². The molecule has 2 atom stereocenters. The molecule has 0 aromatic carbocycles. The molecular weight excluding hydrogens is 274 g/mol. The molecule has 1 N–H and O–H groups in total. The van der Waals surface area contributed by atoms with Gasteiger partial charge in [0.15, 0.2) is 0 Å². The maximum atomic E-state index is 6.17. The molecule has 0 radical (unpaired) electrons. The van der Waals surface area contributed by atoms with Gasteiger partial charge in [-0.2, -0.15) is 19.6 Å². The maximum absolute atomic E-state index is 6.17. The number of aromatic nitrogens is 4. The Morgan fingerprint density at radius 3 is 3.00 bits per heavy atom. The molecule has 20 heavy (non-hydrogen) atoms. The first-order valence-corrected chi connectivity index (χ1v) is 7.64. The normalized spacial score (nSPS) is 23.1. The lowest BCUT2D eigenvalue weighted by Crippen LogP contribution is -2.25. The highest BCUT2D eigenvalue weighted by molar-refractivity contribution is 6.30. The maximum Gasteiger partial charge on any atom is 0.255 e. The van der Waals surface area contributed by atoms with Crippen LogP contribution in [0.15, 0.2) is 6.33 Å². The Bertz CT molecular complexity index is 609. The van der Waals surface area contributed by atoms with Gasteiger partial charge in [-0.1, -0.05) is 37.8 Å². The minimum atomic E-state index is 0.490. The van der Waals surface area contributed by atoms with Crippen LogP contribution in [0.3, 0.4) is 0 Å². The fourth-order valence-electron chi connectivity index (χ4n) is 3.03. The number of halogens is 1. The predicted molar refractivity (Wildman–Crippen MR) is 80.1 cm³/mol. The van der Waals surface area contributed by atoms with Gasteiger partial charge >= 0.3 is 0 Å². The summed E-state index contributed by atoms with van der Waals surface area (Å²) in [5.74, 6) is 2.95. The van der Waals surface area contributed by atoms with Gasteiger partial charge < -0.3 is 5.32 Å². The van der Waals surface area contributed by atoms with Crippen molar-refractivity contribution in [3.05, 3.63) is 17.0 Å². The smallest absolute Gasteiger partial charge is 0.255 e. The van der Waals surface area contributed by atoms with Crippen LogP contribution in [0, 0.1) is 18.8 Å². The molecule has 0 saturated heterocycles. The Labute approximate surface area is 123 Å². The molecule has 1 aliphatic carbocycles. The van der Waals surface area contributed by atoms with E-state index in [0.29, 0.717) is 16.8 Å². The Kier molecular flexibility index (Phi) is 3.78. The van der Waals surface area contributed by atoms with E-state index in [1.54, 1.807) is 4.52 Å². The molecule has 1 saturated carbocycles. The zero-order chi connectivity index (χ0) is 14.1. The zero-order valence-corrected chi connectivity index (χ0v) is 12.7. The van der Waals surface area contributed by atoms with Crippen molar-refractivity contribution in [3.8, 4) is 0 Å². The van der Waals surface area contributed by atoms with Crippen molar-refractivity contribution >= 4 is 23.2 Å². The lowest BCUT2D eigenvalue weighted by molar-refractivity contribution is 0.268. The highest BCUT2D eigenvalue weighted by Crippen LogP contribution is 2.30. The summed E-state index contributed by atoms with van der Waals surface area (Å²) in [6.07, 6.45) is 6.84. The van der Waals surface area contributed by atoms with E-state index in [-0.39, 0.29) is 0 Å². The lowest BCUT2D eigenvalue weighted by Gasteiger charge is -2.29. The van der Waals surface area contributed by atoms with E-state index < -0.39 is 0 Å². The third-order valence-corrected chi connectivity index (χ3v) is 4.79. The second-order valence-electron chi connectivity index (χ2n) is 5.75. The highest BCUT2D eigenvalue weighted by Gasteiger charge is 2.22. The van der Waals surface area contributed by atoms with E-state index in [9.17, 15) is 0 Å². The van der Waals surface area contributed by atoms with E-state index in [4.69, 9.17) is 11.6 Å². The number of rotatable bonds is 3. The van der Waals surface area contributed by atoms with Gasteiger partial charge in [0, 0.05) is 12.1 Å². The van der Waals surface area contributed by atoms with E-state index in [2.05, 4.69) is 27.3 Å². The molecule has 2 unspecified atom stereocenters. The molecule has 3 rings (SSSR count). The topological polar surface area (TPSA) is 55.1 Å². The SMILES string of the molecule is Cc1c(Cl)nc2ncnn2c1NCC1CCCCC1C. The molecule has 0 bridgehead atoms. The largest absolute Gasteiger partial charge is 0.369 e. The van der Waals surface area contributed by atoms with E-state index >= 15 is 0 Å². The monoisotopic (exact) mass is 293 g/mol. The standard InChI is InChI=1S/C14H20ClN5/c1-9-5-3-4-6-11(9)7-16-13-10(2)12(15)19-14-17-8-18-20(13)14/h8-9,11,16H,3-7H2,1-2H3. The van der Waals surface area contributed by atoms with Gasteiger partial charge in [-0.3, -0.25) is 0 Å². The molecule has 0 spiro atoms. The van der Waals surface area contributed by atoms with Crippen molar-refractivity contribution in [1.29, 1.82) is 0 Å². The van der Waals surface area contributed by atoms with Gasteiger partial charge in [0.2, 0.25) is 0 Å². The van der Waals surface area contributed by atoms with Crippen molar-refractivity contribution in [3.63, 3.8) is 0 Å². The second-order valence-corrected chi connectivity index (χ2v) is 6.11. The van der Waals surface area contributed by atoms with Crippen LogP contribution >= 0.6 is 11.6 Å². The molecular formula is C14H20ClN5. The third kappa shape index (κ3) is 2.46. The molecule has 2 aromatic heterocycles. The molecule has 0 aliphatic heterocycles. The zero-order valence-electron chi connectivity index (χ0n) is 11.9. The van der Waals surface area contributed by atoms with Crippen LogP contribution in [0.25, 0.3) is 5.78 Å². The second kappa shape index (κ2) is 5.56. The summed E-state index contributed by atoms with van der Waals surface area (Å²) >= 11 is 6.17. The Morgan fingerprint density at radius 1 is 1.40 bits per heavy atom. The van der Waals surface area contributed by atoms with Crippen LogP contribution in [0.1, 0.15) is 38.2 Å². The van der Waals surface area contributed by atoms with Crippen LogP contribution in [-0.4, -0.2) is 26.1 Å². The van der Waals surface area contributed by atoms with Crippen LogP contribution in [0.4, 0.5) is 5.82 Å². The summed E-state index contributed by atoms with van der Waals surface area (Å²) in [6, 6.07) is 0. The van der Waals surface area contributed by atoms with E-state index in [0.717, 1.165) is 23.8 Å². The summed E-state index contributed by atoms with van der Waals surface area (Å²) in [5.41, 5.74) is 0.924. The summed E-state index contributed by atoms with van der Waals surface area (Å²) < 4.78 is 1.73. The molecule has 1 aliphatic rings. The summed E-state index contributed by atoms with van der Waals surface area (Å²) in [7, 11) is 0. The van der Waals surface area contributed by atoms with Crippen LogP contribution in [0.5, 0.6) is 0 Å². The molecule has 2 heterocycles. The summed E-state index contributed by atoms with van der Waals surface area (Å²) in [5, 5.41) is 8.23. The van der Waals surface area contributed by atoms with Gasteiger partial charge in [0.1, 0.15) is 17.3 Å². The average Bonchev–Trinajstić information content (AvgIpc) is 2.89. The Morgan fingerprint density at radius 2 is 2.20 bits per heavy atom. The number of fused-ring (bicyclic) bond motifs is 1. The molecule has 1 fully saturated rings. The van der Waals surface area contributed by atoms with Crippen molar-refractivity contribution in [2.24, 2.45) is 11.8 Å². The van der Waals surface area contributed by atoms with Gasteiger partial charge in [0.25, 0.3) is 5.78 Å². The fraction of sp³-hybridized carbons (Fsp3) is 0.643. The minimum Gasteiger partial charge on any atom is -0.369 e. The van der Waals surface area contributed by atoms with E-state index in [1.165, 1.54) is 32.0 Å². The molecule has 6 heteroatoms. The van der Waals surface area contributed by atoms with Crippen molar-refractivity contribution in [2.75, 3.05) is 11.9 Å². The first kappa shape index (κ1) is 13.6. The summed E-state index contributed by atoms with van der Waals surface area (Å²) in [4.78, 5) is 8.33. The quantitative estimate of drug-likeness (QED) is 0.882. The molecule has 0 amide bonds. The van der Waals surface area contributed by atoms with Crippen LogP contribution in [-0.2, 0) is 0 Å². The molecule has 108 valence electrons. The number of nitrogens with one attached hydrogen (secondary N) is 1. The van der Waals surface area contributed by atoms with Crippen molar-refractivity contribution in [1.82, 2.24) is 19.6 Å². The number of nitrogens with zero attached hydrogens (tertiary/aromatic N) is 4. The van der Waals surface area contributed by atoms with Crippen LogP contribution in [0.2, 0.25) is 5.15 Å². The minimum absolute atomic E-state index is 0.490. The van der Waals surface area contributed by atoms with Gasteiger partial charge in [-0.15, -0.1) is 0 Å². The number of anilines is 1.